The van der Waals surface area contributed by atoms with E-state index in [2.05, 4.69) is 6.58 Å². The predicted molar refractivity (Wildman–Crippen MR) is 144 cm³/mol. The van der Waals surface area contributed by atoms with E-state index in [4.69, 9.17) is 37.9 Å². The van der Waals surface area contributed by atoms with Crippen molar-refractivity contribution >= 4 is 30.0 Å². The Morgan fingerprint density at radius 2 is 1.44 bits per heavy atom. The first-order valence-electron chi connectivity index (χ1n) is 13.4. The summed E-state index contributed by atoms with van der Waals surface area (Å²) in [5.74, 6) is -1.93. The minimum absolute atomic E-state index is 0.0771. The van der Waals surface area contributed by atoms with Gasteiger partial charge in [0.05, 0.1) is 37.1 Å². The molecule has 2 aliphatic heterocycles. The van der Waals surface area contributed by atoms with Crippen molar-refractivity contribution in [1.29, 1.82) is 0 Å². The summed E-state index contributed by atoms with van der Waals surface area (Å²) in [7, 11) is 0. The molecule has 0 amide bonds. The lowest BCUT2D eigenvalue weighted by Crippen LogP contribution is -2.32. The second kappa shape index (κ2) is 14.9. The highest BCUT2D eigenvalue weighted by molar-refractivity contribution is 5.92. The lowest BCUT2D eigenvalue weighted by molar-refractivity contribution is -0.161. The normalized spacial score (nSPS) is 20.3. The first-order chi connectivity index (χ1) is 20.7. The molecule has 3 unspecified atom stereocenters. The van der Waals surface area contributed by atoms with Crippen molar-refractivity contribution < 1.29 is 61.9 Å². The zero-order valence-electron chi connectivity index (χ0n) is 23.3. The predicted octanol–water partition coefficient (Wildman–Crippen LogP) is 3.53. The molecule has 2 aromatic rings. The lowest BCUT2D eigenvalue weighted by atomic mass is 10.1. The van der Waals surface area contributed by atoms with Gasteiger partial charge in [-0.3, -0.25) is 4.79 Å². The van der Waals surface area contributed by atoms with E-state index in [1.165, 1.54) is 55.5 Å². The second-order valence-electron chi connectivity index (χ2n) is 9.41. The number of esters is 4. The molecule has 2 heterocycles. The Morgan fingerprint density at radius 3 is 2.07 bits per heavy atom. The van der Waals surface area contributed by atoms with Crippen LogP contribution in [0.2, 0.25) is 0 Å². The number of fused-ring (bicyclic) bond motifs is 1. The molecule has 0 spiro atoms. The average Bonchev–Trinajstić information content (AvgIpc) is 3.55. The minimum atomic E-state index is -0.918. The van der Waals surface area contributed by atoms with Crippen LogP contribution in [0.25, 0.3) is 0 Å². The SMILES string of the molecule is C=CC(=O)OCCCCOC(=O)Oc1ccc(C(=O)Oc2ccc(C(=O)OC3CC4OC[C@H](OC(C)=O)C4O3)cc2)cc1. The van der Waals surface area contributed by atoms with Gasteiger partial charge in [-0.05, 0) is 61.4 Å². The Morgan fingerprint density at radius 1 is 0.837 bits per heavy atom. The molecule has 0 aromatic heterocycles. The molecule has 13 heteroatoms. The number of rotatable bonds is 12. The zero-order chi connectivity index (χ0) is 30.8. The first kappa shape index (κ1) is 31.2. The van der Waals surface area contributed by atoms with E-state index in [1.54, 1.807) is 0 Å². The van der Waals surface area contributed by atoms with Crippen LogP contribution in [-0.4, -0.2) is 74.5 Å². The molecule has 0 saturated carbocycles. The summed E-state index contributed by atoms with van der Waals surface area (Å²) in [6.45, 7) is 5.08. The van der Waals surface area contributed by atoms with Crippen molar-refractivity contribution in [2.45, 2.75) is 50.8 Å². The summed E-state index contributed by atoms with van der Waals surface area (Å²) in [6, 6.07) is 11.4. The fraction of sp³-hybridized carbons (Fsp3) is 0.367. The highest BCUT2D eigenvalue weighted by atomic mass is 16.7. The molecule has 228 valence electrons. The largest absolute Gasteiger partial charge is 0.513 e. The van der Waals surface area contributed by atoms with Crippen molar-refractivity contribution in [3.63, 3.8) is 0 Å². The summed E-state index contributed by atoms with van der Waals surface area (Å²) in [4.78, 5) is 59.1. The van der Waals surface area contributed by atoms with E-state index >= 15 is 0 Å². The first-order valence-corrected chi connectivity index (χ1v) is 13.4. The summed E-state index contributed by atoms with van der Waals surface area (Å²) < 4.78 is 42.1. The number of carbonyl (C=O) groups excluding carboxylic acids is 5. The van der Waals surface area contributed by atoms with Crippen LogP contribution < -0.4 is 9.47 Å². The van der Waals surface area contributed by atoms with E-state index in [0.29, 0.717) is 19.3 Å². The number of unbranched alkanes of at least 4 members (excludes halogenated alkanes) is 1. The van der Waals surface area contributed by atoms with Gasteiger partial charge >= 0.3 is 30.0 Å². The average molecular weight is 599 g/mol. The van der Waals surface area contributed by atoms with Gasteiger partial charge in [-0.1, -0.05) is 6.58 Å². The third-order valence-electron chi connectivity index (χ3n) is 6.26. The Hall–Kier alpha value is -4.75. The molecule has 4 atom stereocenters. The maximum absolute atomic E-state index is 12.6. The van der Waals surface area contributed by atoms with Gasteiger partial charge in [-0.15, -0.1) is 0 Å². The molecular formula is C30H30O13. The molecule has 2 fully saturated rings. The standard InChI is InChI=1S/C30H30O13/c1-3-25(32)36-14-4-5-15-37-30(35)41-22-12-8-19(9-13-22)28(33)40-21-10-6-20(7-11-21)29(34)43-26-16-23-27(42-26)24(17-38-23)39-18(2)31/h3,6-13,23-24,26-27H,1,4-5,14-17H2,2H3/t23?,24-,26?,27?/m0/s1. The van der Waals surface area contributed by atoms with Crippen LogP contribution >= 0.6 is 0 Å². The van der Waals surface area contributed by atoms with E-state index in [9.17, 15) is 24.0 Å². The Balaban J connectivity index is 1.18. The molecule has 2 aliphatic rings. The molecule has 0 N–H and O–H groups in total. The molecule has 13 nitrogen and oxygen atoms in total. The van der Waals surface area contributed by atoms with Crippen LogP contribution in [0.5, 0.6) is 11.5 Å². The van der Waals surface area contributed by atoms with Crippen LogP contribution in [0, 0.1) is 0 Å². The third kappa shape index (κ3) is 9.12. The van der Waals surface area contributed by atoms with Crippen LogP contribution in [0.1, 0.15) is 46.9 Å². The van der Waals surface area contributed by atoms with Crippen molar-refractivity contribution in [1.82, 2.24) is 0 Å². The highest BCUT2D eigenvalue weighted by Crippen LogP contribution is 2.33. The Labute approximate surface area is 246 Å². The Kier molecular flexibility index (Phi) is 10.8. The van der Waals surface area contributed by atoms with Gasteiger partial charge in [-0.2, -0.15) is 0 Å². The van der Waals surface area contributed by atoms with E-state index in [1.807, 2.05) is 0 Å². The number of benzene rings is 2. The van der Waals surface area contributed by atoms with Crippen LogP contribution in [0.3, 0.4) is 0 Å². The fourth-order valence-electron chi connectivity index (χ4n) is 4.22. The van der Waals surface area contributed by atoms with Gasteiger partial charge < -0.3 is 37.9 Å². The highest BCUT2D eigenvalue weighted by Gasteiger charge is 2.49. The summed E-state index contributed by atoms with van der Waals surface area (Å²) in [6.07, 6.45) is -0.814. The number of hydrogen-bond donors (Lipinski definition) is 0. The fourth-order valence-corrected chi connectivity index (χ4v) is 4.22. The van der Waals surface area contributed by atoms with Gasteiger partial charge in [0, 0.05) is 19.4 Å². The van der Waals surface area contributed by atoms with E-state index < -0.39 is 48.5 Å². The van der Waals surface area contributed by atoms with Crippen LogP contribution in [0.15, 0.2) is 61.2 Å². The zero-order valence-corrected chi connectivity index (χ0v) is 23.3. The van der Waals surface area contributed by atoms with E-state index in [-0.39, 0.29) is 48.6 Å². The molecule has 4 rings (SSSR count). The summed E-state index contributed by atoms with van der Waals surface area (Å²) >= 11 is 0. The van der Waals surface area contributed by atoms with Gasteiger partial charge in [0.25, 0.3) is 0 Å². The van der Waals surface area contributed by atoms with Gasteiger partial charge in [0.1, 0.15) is 17.6 Å². The molecule has 2 saturated heterocycles. The van der Waals surface area contributed by atoms with Crippen LogP contribution in [-0.2, 0) is 38.0 Å². The van der Waals surface area contributed by atoms with Crippen molar-refractivity contribution in [3.8, 4) is 11.5 Å². The molecule has 43 heavy (non-hydrogen) atoms. The number of carbonyl (C=O) groups is 5. The summed E-state index contributed by atoms with van der Waals surface area (Å²) in [5, 5.41) is 0. The van der Waals surface area contributed by atoms with E-state index in [0.717, 1.165) is 6.08 Å². The molecule has 0 radical (unpaired) electrons. The van der Waals surface area contributed by atoms with Gasteiger partial charge in [0.2, 0.25) is 6.29 Å². The maximum atomic E-state index is 12.6. The summed E-state index contributed by atoms with van der Waals surface area (Å²) in [5.41, 5.74) is 0.402. The monoisotopic (exact) mass is 598 g/mol. The molecular weight excluding hydrogens is 568 g/mol. The maximum Gasteiger partial charge on any atom is 0.513 e. The van der Waals surface area contributed by atoms with Crippen LogP contribution in [0.4, 0.5) is 4.79 Å². The molecule has 0 aliphatic carbocycles. The topological polar surface area (TPSA) is 159 Å². The minimum Gasteiger partial charge on any atom is -0.463 e. The van der Waals surface area contributed by atoms with Gasteiger partial charge in [0.15, 0.2) is 6.10 Å². The molecule has 2 aromatic carbocycles. The second-order valence-corrected chi connectivity index (χ2v) is 9.41. The number of ether oxygens (including phenoxy) is 8. The smallest absolute Gasteiger partial charge is 0.463 e. The quantitative estimate of drug-likeness (QED) is 0.0873. The Bertz CT molecular complexity index is 1320. The van der Waals surface area contributed by atoms with Crippen molar-refractivity contribution in [2.75, 3.05) is 19.8 Å². The van der Waals surface area contributed by atoms with Crippen molar-refractivity contribution in [2.24, 2.45) is 0 Å². The third-order valence-corrected chi connectivity index (χ3v) is 6.26. The molecule has 0 bridgehead atoms. The van der Waals surface area contributed by atoms with Crippen molar-refractivity contribution in [3.05, 3.63) is 72.3 Å². The number of hydrogen-bond acceptors (Lipinski definition) is 13. The van der Waals surface area contributed by atoms with Gasteiger partial charge in [-0.25, -0.2) is 19.2 Å². The lowest BCUT2D eigenvalue weighted by Gasteiger charge is -2.18.